The van der Waals surface area contributed by atoms with Crippen LogP contribution in [0.4, 0.5) is 0 Å². The maximum Gasteiger partial charge on any atom is 0.240 e. The van der Waals surface area contributed by atoms with Gasteiger partial charge in [0, 0.05) is 6.54 Å². The fraction of sp³-hybridized carbons (Fsp3) is 0.917. The molecule has 86 valence electrons. The van der Waals surface area contributed by atoms with E-state index in [2.05, 4.69) is 19.2 Å². The van der Waals surface area contributed by atoms with Crippen molar-refractivity contribution in [2.45, 2.75) is 52.0 Å². The molecule has 0 bridgehead atoms. The van der Waals surface area contributed by atoms with Crippen LogP contribution >= 0.6 is 0 Å². The summed E-state index contributed by atoms with van der Waals surface area (Å²) in [6, 6.07) is 0.0960. The molecule has 1 heterocycles. The molecular formula is C12H22N2O. The minimum Gasteiger partial charge on any atom is -0.328 e. The number of nitrogens with zero attached hydrogens (tertiary/aromatic N) is 1. The van der Waals surface area contributed by atoms with Gasteiger partial charge in [0.1, 0.15) is 0 Å². The van der Waals surface area contributed by atoms with Gasteiger partial charge in [0.05, 0.1) is 12.7 Å². The first-order valence-electron chi connectivity index (χ1n) is 6.17. The zero-order valence-electron chi connectivity index (χ0n) is 9.88. The predicted octanol–water partition coefficient (Wildman–Crippen LogP) is 1.73. The van der Waals surface area contributed by atoms with Crippen molar-refractivity contribution in [3.05, 3.63) is 0 Å². The monoisotopic (exact) mass is 210 g/mol. The average Bonchev–Trinajstić information content (AvgIpc) is 2.48. The van der Waals surface area contributed by atoms with Crippen LogP contribution in [0.2, 0.25) is 0 Å². The molecule has 0 aromatic heterocycles. The number of rotatable bonds is 4. The topological polar surface area (TPSA) is 32.3 Å². The second kappa shape index (κ2) is 4.12. The van der Waals surface area contributed by atoms with Gasteiger partial charge in [0.25, 0.3) is 0 Å². The molecule has 15 heavy (non-hydrogen) atoms. The standard InChI is InChI=1S/C12H22N2O/c1-3-5-10-11(15)14(9-13-10)8-12(2)6-4-7-12/h10,13H,3-9H2,1-2H3. The average molecular weight is 210 g/mol. The van der Waals surface area contributed by atoms with Crippen molar-refractivity contribution in [2.75, 3.05) is 13.2 Å². The van der Waals surface area contributed by atoms with Gasteiger partial charge in [-0.15, -0.1) is 0 Å². The molecule has 2 fully saturated rings. The Bertz CT molecular complexity index is 248. The Hall–Kier alpha value is -0.570. The summed E-state index contributed by atoms with van der Waals surface area (Å²) >= 11 is 0. The molecule has 1 unspecified atom stereocenters. The van der Waals surface area contributed by atoms with Gasteiger partial charge in [-0.25, -0.2) is 0 Å². The van der Waals surface area contributed by atoms with Crippen LogP contribution in [0.1, 0.15) is 46.0 Å². The van der Waals surface area contributed by atoms with Gasteiger partial charge in [-0.1, -0.05) is 26.7 Å². The number of hydrogen-bond acceptors (Lipinski definition) is 2. The third kappa shape index (κ3) is 2.17. The number of amides is 1. The summed E-state index contributed by atoms with van der Waals surface area (Å²) < 4.78 is 0. The third-order valence-electron chi connectivity index (χ3n) is 3.85. The van der Waals surface area contributed by atoms with Gasteiger partial charge >= 0.3 is 0 Å². The van der Waals surface area contributed by atoms with Crippen molar-refractivity contribution in [3.8, 4) is 0 Å². The molecule has 1 atom stereocenters. The van der Waals surface area contributed by atoms with Crippen LogP contribution in [0.15, 0.2) is 0 Å². The van der Waals surface area contributed by atoms with Gasteiger partial charge in [-0.2, -0.15) is 0 Å². The predicted molar refractivity (Wildman–Crippen MR) is 60.4 cm³/mol. The summed E-state index contributed by atoms with van der Waals surface area (Å²) in [5.74, 6) is 0.324. The summed E-state index contributed by atoms with van der Waals surface area (Å²) in [7, 11) is 0. The van der Waals surface area contributed by atoms with Crippen LogP contribution in [-0.4, -0.2) is 30.1 Å². The van der Waals surface area contributed by atoms with Crippen LogP contribution in [-0.2, 0) is 4.79 Å². The van der Waals surface area contributed by atoms with E-state index in [4.69, 9.17) is 0 Å². The van der Waals surface area contributed by atoms with Gasteiger partial charge in [0.2, 0.25) is 5.91 Å². The quantitative estimate of drug-likeness (QED) is 0.766. The molecule has 1 aliphatic heterocycles. The number of carbonyl (C=O) groups excluding carboxylic acids is 1. The Morgan fingerprint density at radius 1 is 1.53 bits per heavy atom. The molecule has 2 rings (SSSR count). The van der Waals surface area contributed by atoms with E-state index in [9.17, 15) is 4.79 Å². The molecule has 1 aliphatic carbocycles. The van der Waals surface area contributed by atoms with E-state index in [1.807, 2.05) is 4.90 Å². The SMILES string of the molecule is CCCC1NCN(CC2(C)CCC2)C1=O. The molecule has 0 radical (unpaired) electrons. The zero-order valence-corrected chi connectivity index (χ0v) is 9.88. The lowest BCUT2D eigenvalue weighted by Crippen LogP contribution is -2.42. The van der Waals surface area contributed by atoms with E-state index in [1.165, 1.54) is 19.3 Å². The van der Waals surface area contributed by atoms with Gasteiger partial charge in [0.15, 0.2) is 0 Å². The minimum absolute atomic E-state index is 0.0960. The number of nitrogens with one attached hydrogen (secondary N) is 1. The van der Waals surface area contributed by atoms with Crippen LogP contribution in [0.3, 0.4) is 0 Å². The Kier molecular flexibility index (Phi) is 3.01. The summed E-state index contributed by atoms with van der Waals surface area (Å²) in [6.07, 6.45) is 5.97. The number of hydrogen-bond donors (Lipinski definition) is 1. The van der Waals surface area contributed by atoms with Gasteiger partial charge < -0.3 is 4.90 Å². The van der Waals surface area contributed by atoms with Gasteiger partial charge in [-0.3, -0.25) is 10.1 Å². The maximum absolute atomic E-state index is 12.0. The Labute approximate surface area is 92.2 Å². The molecule has 2 aliphatic rings. The first-order valence-corrected chi connectivity index (χ1v) is 6.17. The second-order valence-electron chi connectivity index (χ2n) is 5.40. The largest absolute Gasteiger partial charge is 0.328 e. The lowest BCUT2D eigenvalue weighted by molar-refractivity contribution is -0.131. The van der Waals surface area contributed by atoms with Crippen molar-refractivity contribution in [1.29, 1.82) is 0 Å². The lowest BCUT2D eigenvalue weighted by atomic mass is 9.70. The highest BCUT2D eigenvalue weighted by Crippen LogP contribution is 2.41. The minimum atomic E-state index is 0.0960. The molecule has 1 N–H and O–H groups in total. The number of carbonyl (C=O) groups is 1. The zero-order chi connectivity index (χ0) is 10.9. The van der Waals surface area contributed by atoms with Crippen molar-refractivity contribution in [1.82, 2.24) is 10.2 Å². The maximum atomic E-state index is 12.0. The van der Waals surface area contributed by atoms with E-state index >= 15 is 0 Å². The summed E-state index contributed by atoms with van der Waals surface area (Å²) in [6.45, 7) is 6.15. The van der Waals surface area contributed by atoms with Crippen molar-refractivity contribution in [3.63, 3.8) is 0 Å². The van der Waals surface area contributed by atoms with Gasteiger partial charge in [-0.05, 0) is 24.7 Å². The molecule has 3 nitrogen and oxygen atoms in total. The third-order valence-corrected chi connectivity index (χ3v) is 3.85. The van der Waals surface area contributed by atoms with Crippen LogP contribution in [0.5, 0.6) is 0 Å². The second-order valence-corrected chi connectivity index (χ2v) is 5.40. The van der Waals surface area contributed by atoms with Crippen LogP contribution in [0, 0.1) is 5.41 Å². The first-order chi connectivity index (χ1) is 7.14. The fourth-order valence-electron chi connectivity index (χ4n) is 2.65. The summed E-state index contributed by atoms with van der Waals surface area (Å²) in [5.41, 5.74) is 0.415. The fourth-order valence-corrected chi connectivity index (χ4v) is 2.65. The van der Waals surface area contributed by atoms with Crippen LogP contribution < -0.4 is 5.32 Å². The summed E-state index contributed by atoms with van der Waals surface area (Å²) in [4.78, 5) is 14.0. The molecule has 3 heteroatoms. The van der Waals surface area contributed by atoms with Crippen LogP contribution in [0.25, 0.3) is 0 Å². The molecular weight excluding hydrogens is 188 g/mol. The van der Waals surface area contributed by atoms with Crippen molar-refractivity contribution < 1.29 is 4.79 Å². The molecule has 1 saturated carbocycles. The van der Waals surface area contributed by atoms with E-state index in [1.54, 1.807) is 0 Å². The van der Waals surface area contributed by atoms with E-state index in [-0.39, 0.29) is 6.04 Å². The van der Waals surface area contributed by atoms with E-state index in [0.29, 0.717) is 11.3 Å². The highest BCUT2D eigenvalue weighted by molar-refractivity contribution is 5.83. The molecule has 0 spiro atoms. The van der Waals surface area contributed by atoms with E-state index < -0.39 is 0 Å². The van der Waals surface area contributed by atoms with Crippen molar-refractivity contribution in [2.24, 2.45) is 5.41 Å². The highest BCUT2D eigenvalue weighted by atomic mass is 16.2. The normalized spacial score (nSPS) is 29.3. The smallest absolute Gasteiger partial charge is 0.240 e. The molecule has 1 saturated heterocycles. The van der Waals surface area contributed by atoms with Crippen molar-refractivity contribution >= 4 is 5.91 Å². The lowest BCUT2D eigenvalue weighted by Gasteiger charge is -2.41. The Morgan fingerprint density at radius 2 is 2.27 bits per heavy atom. The highest BCUT2D eigenvalue weighted by Gasteiger charge is 2.38. The van der Waals surface area contributed by atoms with E-state index in [0.717, 1.165) is 26.1 Å². The molecule has 0 aromatic rings. The summed E-state index contributed by atoms with van der Waals surface area (Å²) in [5, 5.41) is 3.30. The molecule has 0 aromatic carbocycles. The Balaban J connectivity index is 1.86. The molecule has 1 amide bonds. The Morgan fingerprint density at radius 3 is 2.80 bits per heavy atom. The first kappa shape index (κ1) is 10.9.